The van der Waals surface area contributed by atoms with Crippen molar-refractivity contribution < 1.29 is 22.7 Å². The molecule has 0 atom stereocenters. The number of carbonyl (C=O) groups excluding carboxylic acids is 1. The highest BCUT2D eigenvalue weighted by Gasteiger charge is 2.27. The molecule has 0 unspecified atom stereocenters. The van der Waals surface area contributed by atoms with Gasteiger partial charge < -0.3 is 10.1 Å². The first-order valence-corrected chi connectivity index (χ1v) is 9.40. The molecule has 0 spiro atoms. The standard InChI is InChI=1S/C19H16F3N3O3S/c1-28-15-9-5-4-8-14(15)25-17(27)12-6-2-3-7-13(12)24-18(25)29-10-16(26)23-11-19(20,21)22/h2-9H,10-11H2,1H3,(H,23,26). The van der Waals surface area contributed by atoms with E-state index in [1.54, 1.807) is 53.8 Å². The second-order valence-electron chi connectivity index (χ2n) is 5.90. The van der Waals surface area contributed by atoms with Gasteiger partial charge in [0.1, 0.15) is 12.3 Å². The third-order valence-corrected chi connectivity index (χ3v) is 4.83. The molecule has 6 nitrogen and oxygen atoms in total. The van der Waals surface area contributed by atoms with Gasteiger partial charge in [-0.15, -0.1) is 0 Å². The Morgan fingerprint density at radius 3 is 2.59 bits per heavy atom. The van der Waals surface area contributed by atoms with Gasteiger partial charge in [0.05, 0.1) is 29.5 Å². The van der Waals surface area contributed by atoms with E-state index >= 15 is 0 Å². The van der Waals surface area contributed by atoms with Crippen molar-refractivity contribution in [2.45, 2.75) is 11.3 Å². The van der Waals surface area contributed by atoms with Crippen LogP contribution in [0, 0.1) is 0 Å². The maximum Gasteiger partial charge on any atom is 0.405 e. The fraction of sp³-hybridized carbons (Fsp3) is 0.211. The Bertz CT molecular complexity index is 1100. The molecule has 0 aliphatic carbocycles. The molecule has 0 fully saturated rings. The minimum Gasteiger partial charge on any atom is -0.495 e. The number of aromatic nitrogens is 2. The molecule has 0 aliphatic rings. The monoisotopic (exact) mass is 423 g/mol. The van der Waals surface area contributed by atoms with Crippen molar-refractivity contribution >= 4 is 28.6 Å². The number of hydrogen-bond acceptors (Lipinski definition) is 5. The number of carbonyl (C=O) groups is 1. The Morgan fingerprint density at radius 2 is 1.86 bits per heavy atom. The van der Waals surface area contributed by atoms with Crippen LogP contribution in [0.2, 0.25) is 0 Å². The molecule has 1 aromatic heterocycles. The van der Waals surface area contributed by atoms with Crippen LogP contribution in [0.5, 0.6) is 5.75 Å². The van der Waals surface area contributed by atoms with E-state index in [0.29, 0.717) is 22.3 Å². The second-order valence-corrected chi connectivity index (χ2v) is 6.85. The highest BCUT2D eigenvalue weighted by atomic mass is 32.2. The number of fused-ring (bicyclic) bond motifs is 1. The Morgan fingerprint density at radius 1 is 1.17 bits per heavy atom. The lowest BCUT2D eigenvalue weighted by Crippen LogP contribution is -2.35. The van der Waals surface area contributed by atoms with Crippen LogP contribution < -0.4 is 15.6 Å². The van der Waals surface area contributed by atoms with Gasteiger partial charge in [0.15, 0.2) is 5.16 Å². The minimum atomic E-state index is -4.50. The fourth-order valence-corrected chi connectivity index (χ4v) is 3.45. The van der Waals surface area contributed by atoms with Crippen LogP contribution in [0.15, 0.2) is 58.5 Å². The maximum absolute atomic E-state index is 13.1. The summed E-state index contributed by atoms with van der Waals surface area (Å²) < 4.78 is 43.5. The number of amides is 1. The van der Waals surface area contributed by atoms with Crippen LogP contribution in [-0.4, -0.2) is 41.0 Å². The summed E-state index contributed by atoms with van der Waals surface area (Å²) in [6.45, 7) is -1.42. The first-order valence-electron chi connectivity index (χ1n) is 8.41. The molecule has 0 saturated carbocycles. The van der Waals surface area contributed by atoms with E-state index in [9.17, 15) is 22.8 Å². The number of rotatable bonds is 6. The van der Waals surface area contributed by atoms with Gasteiger partial charge in [-0.2, -0.15) is 13.2 Å². The van der Waals surface area contributed by atoms with Crippen molar-refractivity contribution in [2.24, 2.45) is 0 Å². The molecule has 3 aromatic rings. The van der Waals surface area contributed by atoms with Gasteiger partial charge in [0, 0.05) is 0 Å². The number of halogens is 3. The molecule has 0 radical (unpaired) electrons. The van der Waals surface area contributed by atoms with Crippen molar-refractivity contribution in [1.29, 1.82) is 0 Å². The highest BCUT2D eigenvalue weighted by Crippen LogP contribution is 2.27. The Kier molecular flexibility index (Phi) is 6.12. The molecule has 152 valence electrons. The average molecular weight is 423 g/mol. The Hall–Kier alpha value is -3.01. The molecule has 0 saturated heterocycles. The summed E-state index contributed by atoms with van der Waals surface area (Å²) in [7, 11) is 1.45. The molecular formula is C19H16F3N3O3S. The SMILES string of the molecule is COc1ccccc1-n1c(SCC(=O)NCC(F)(F)F)nc2ccccc2c1=O. The second kappa shape index (κ2) is 8.56. The lowest BCUT2D eigenvalue weighted by Gasteiger charge is -2.15. The normalized spacial score (nSPS) is 11.4. The lowest BCUT2D eigenvalue weighted by molar-refractivity contribution is -0.136. The van der Waals surface area contributed by atoms with E-state index < -0.39 is 18.6 Å². The van der Waals surface area contributed by atoms with Crippen LogP contribution in [0.4, 0.5) is 13.2 Å². The molecule has 1 N–H and O–H groups in total. The van der Waals surface area contributed by atoms with Crippen LogP contribution in [0.1, 0.15) is 0 Å². The fourth-order valence-electron chi connectivity index (χ4n) is 2.62. The van der Waals surface area contributed by atoms with Gasteiger partial charge in [0.25, 0.3) is 5.56 Å². The number of methoxy groups -OCH3 is 1. The van der Waals surface area contributed by atoms with Gasteiger partial charge in [-0.25, -0.2) is 4.98 Å². The Labute approximate surface area is 167 Å². The van der Waals surface area contributed by atoms with Gasteiger partial charge in [-0.1, -0.05) is 36.0 Å². The van der Waals surface area contributed by atoms with E-state index in [4.69, 9.17) is 4.74 Å². The molecule has 1 heterocycles. The zero-order valence-corrected chi connectivity index (χ0v) is 16.0. The predicted molar refractivity (Wildman–Crippen MR) is 104 cm³/mol. The zero-order chi connectivity index (χ0) is 21.0. The highest BCUT2D eigenvalue weighted by molar-refractivity contribution is 7.99. The summed E-state index contributed by atoms with van der Waals surface area (Å²) >= 11 is 0.866. The number of hydrogen-bond donors (Lipinski definition) is 1. The van der Waals surface area contributed by atoms with Gasteiger partial charge in [-0.3, -0.25) is 14.2 Å². The molecule has 1 amide bonds. The molecule has 0 bridgehead atoms. The van der Waals surface area contributed by atoms with E-state index in [2.05, 4.69) is 4.98 Å². The molecule has 0 aliphatic heterocycles. The Balaban J connectivity index is 2.01. The topological polar surface area (TPSA) is 73.2 Å². The molecule has 3 rings (SSSR count). The molecule has 2 aromatic carbocycles. The summed E-state index contributed by atoms with van der Waals surface area (Å²) in [5, 5.41) is 2.33. The van der Waals surface area contributed by atoms with E-state index in [1.165, 1.54) is 11.7 Å². The van der Waals surface area contributed by atoms with Crippen LogP contribution in [0.3, 0.4) is 0 Å². The number of alkyl halides is 3. The number of ether oxygens (including phenoxy) is 1. The molecule has 10 heteroatoms. The number of benzene rings is 2. The van der Waals surface area contributed by atoms with E-state index in [0.717, 1.165) is 11.8 Å². The third kappa shape index (κ3) is 4.89. The minimum absolute atomic E-state index is 0.167. The third-order valence-electron chi connectivity index (χ3n) is 3.89. The van der Waals surface area contributed by atoms with Gasteiger partial charge in [-0.05, 0) is 24.3 Å². The zero-order valence-electron chi connectivity index (χ0n) is 15.2. The number of nitrogens with one attached hydrogen (secondary N) is 1. The van der Waals surface area contributed by atoms with E-state index in [-0.39, 0.29) is 16.5 Å². The number of nitrogens with zero attached hydrogens (tertiary/aromatic N) is 2. The summed E-state index contributed by atoms with van der Waals surface area (Å²) in [6, 6.07) is 13.5. The van der Waals surface area contributed by atoms with Crippen molar-refractivity contribution in [3.8, 4) is 11.4 Å². The van der Waals surface area contributed by atoms with Crippen LogP contribution in [-0.2, 0) is 4.79 Å². The summed E-state index contributed by atoms with van der Waals surface area (Å²) in [4.78, 5) is 29.4. The largest absolute Gasteiger partial charge is 0.495 e. The average Bonchev–Trinajstić information content (AvgIpc) is 2.70. The van der Waals surface area contributed by atoms with Gasteiger partial charge in [0.2, 0.25) is 5.91 Å². The quantitative estimate of drug-likeness (QED) is 0.487. The summed E-state index contributed by atoms with van der Waals surface area (Å²) in [5.74, 6) is -0.743. The van der Waals surface area contributed by atoms with Crippen LogP contribution >= 0.6 is 11.8 Å². The molecule has 29 heavy (non-hydrogen) atoms. The lowest BCUT2D eigenvalue weighted by atomic mass is 10.2. The number of thioether (sulfide) groups is 1. The maximum atomic E-state index is 13.1. The van der Waals surface area contributed by atoms with E-state index in [1.807, 2.05) is 0 Å². The van der Waals surface area contributed by atoms with Crippen molar-refractivity contribution in [3.05, 3.63) is 58.9 Å². The van der Waals surface area contributed by atoms with Crippen molar-refractivity contribution in [1.82, 2.24) is 14.9 Å². The molecular weight excluding hydrogens is 407 g/mol. The van der Waals surface area contributed by atoms with Gasteiger partial charge >= 0.3 is 6.18 Å². The first-order chi connectivity index (χ1) is 13.8. The summed E-state index contributed by atoms with van der Waals surface area (Å²) in [6.07, 6.45) is -4.50. The smallest absolute Gasteiger partial charge is 0.405 e. The van der Waals surface area contributed by atoms with Crippen molar-refractivity contribution in [2.75, 3.05) is 19.4 Å². The van der Waals surface area contributed by atoms with Crippen molar-refractivity contribution in [3.63, 3.8) is 0 Å². The summed E-state index contributed by atoms with van der Waals surface area (Å²) in [5.41, 5.74) is 0.455. The first kappa shape index (κ1) is 20.7. The van der Waals surface area contributed by atoms with Crippen LogP contribution in [0.25, 0.3) is 16.6 Å². The number of para-hydroxylation sites is 3. The predicted octanol–water partition coefficient (Wildman–Crippen LogP) is 3.16.